The molecule has 0 saturated carbocycles. The van der Waals surface area contributed by atoms with Gasteiger partial charge in [0.05, 0.1) is 5.69 Å². The third-order valence-electron chi connectivity index (χ3n) is 4.28. The van der Waals surface area contributed by atoms with Crippen LogP contribution in [0.25, 0.3) is 5.65 Å². The van der Waals surface area contributed by atoms with E-state index in [-0.39, 0.29) is 5.91 Å². The highest BCUT2D eigenvalue weighted by molar-refractivity contribution is 5.91. The maximum absolute atomic E-state index is 12.3. The monoisotopic (exact) mass is 323 g/mol. The number of fused-ring (bicyclic) bond motifs is 1. The fourth-order valence-electron chi connectivity index (χ4n) is 2.87. The highest BCUT2D eigenvalue weighted by Crippen LogP contribution is 2.19. The Bertz CT molecular complexity index is 913. The van der Waals surface area contributed by atoms with E-state index >= 15 is 0 Å². The van der Waals surface area contributed by atoms with Gasteiger partial charge < -0.3 is 5.32 Å². The Labute approximate surface area is 140 Å². The van der Waals surface area contributed by atoms with Gasteiger partial charge in [0.2, 0.25) is 5.91 Å². The zero-order valence-electron chi connectivity index (χ0n) is 14.4. The number of nitrogens with one attached hydrogen (secondary N) is 1. The second-order valence-corrected chi connectivity index (χ2v) is 6.15. The van der Waals surface area contributed by atoms with Crippen LogP contribution in [0.4, 0.5) is 5.69 Å². The molecule has 0 radical (unpaired) electrons. The highest BCUT2D eigenvalue weighted by atomic mass is 16.1. The van der Waals surface area contributed by atoms with Gasteiger partial charge in [0.1, 0.15) is 6.33 Å². The van der Waals surface area contributed by atoms with Gasteiger partial charge in [-0.05, 0) is 56.9 Å². The van der Waals surface area contributed by atoms with Crippen molar-refractivity contribution in [3.8, 4) is 0 Å². The van der Waals surface area contributed by atoms with Crippen molar-refractivity contribution in [3.63, 3.8) is 0 Å². The summed E-state index contributed by atoms with van der Waals surface area (Å²) >= 11 is 0. The molecule has 6 nitrogen and oxygen atoms in total. The molecule has 6 heteroatoms. The van der Waals surface area contributed by atoms with Gasteiger partial charge in [0, 0.05) is 17.7 Å². The van der Waals surface area contributed by atoms with E-state index in [1.54, 1.807) is 10.8 Å². The molecule has 3 aromatic rings. The lowest BCUT2D eigenvalue weighted by Crippen LogP contribution is -2.14. The average Bonchev–Trinajstić information content (AvgIpc) is 2.99. The molecule has 0 unspecified atom stereocenters. The van der Waals surface area contributed by atoms with E-state index < -0.39 is 0 Å². The van der Waals surface area contributed by atoms with Crippen molar-refractivity contribution in [3.05, 3.63) is 52.5 Å². The van der Waals surface area contributed by atoms with E-state index in [9.17, 15) is 4.79 Å². The van der Waals surface area contributed by atoms with Gasteiger partial charge in [0.25, 0.3) is 0 Å². The first-order valence-corrected chi connectivity index (χ1v) is 7.99. The van der Waals surface area contributed by atoms with Crippen molar-refractivity contribution in [2.24, 2.45) is 0 Å². The van der Waals surface area contributed by atoms with Crippen LogP contribution in [0.5, 0.6) is 0 Å². The maximum Gasteiger partial charge on any atom is 0.224 e. The summed E-state index contributed by atoms with van der Waals surface area (Å²) in [5.74, 6) is 0.00356. The third-order valence-corrected chi connectivity index (χ3v) is 4.28. The Morgan fingerprint density at radius 3 is 2.79 bits per heavy atom. The molecule has 2 aromatic heterocycles. The van der Waals surface area contributed by atoms with Crippen LogP contribution in [-0.4, -0.2) is 25.7 Å². The van der Waals surface area contributed by atoms with Gasteiger partial charge in [-0.2, -0.15) is 5.10 Å². The summed E-state index contributed by atoms with van der Waals surface area (Å²) in [4.78, 5) is 12.3. The number of carbonyl (C=O) groups is 1. The lowest BCUT2D eigenvalue weighted by atomic mass is 10.0. The smallest absolute Gasteiger partial charge is 0.224 e. The number of benzene rings is 1. The maximum atomic E-state index is 12.3. The van der Waals surface area contributed by atoms with Gasteiger partial charge in [-0.1, -0.05) is 12.1 Å². The van der Waals surface area contributed by atoms with Gasteiger partial charge in [-0.3, -0.25) is 4.79 Å². The molecular weight excluding hydrogens is 302 g/mol. The fraction of sp³-hybridized carbons (Fsp3) is 0.333. The van der Waals surface area contributed by atoms with Crippen molar-refractivity contribution >= 4 is 17.2 Å². The molecule has 0 fully saturated rings. The van der Waals surface area contributed by atoms with E-state index in [2.05, 4.69) is 20.6 Å². The summed E-state index contributed by atoms with van der Waals surface area (Å²) in [6.07, 6.45) is 2.62. The predicted molar refractivity (Wildman–Crippen MR) is 93.1 cm³/mol. The zero-order valence-corrected chi connectivity index (χ0v) is 14.4. The van der Waals surface area contributed by atoms with Crippen LogP contribution in [0.15, 0.2) is 24.5 Å². The van der Waals surface area contributed by atoms with E-state index in [1.807, 2.05) is 45.9 Å². The van der Waals surface area contributed by atoms with E-state index in [4.69, 9.17) is 0 Å². The first-order valence-electron chi connectivity index (χ1n) is 7.99. The number of amides is 1. The molecule has 0 saturated heterocycles. The minimum absolute atomic E-state index is 0.00356. The van der Waals surface area contributed by atoms with Gasteiger partial charge in [-0.15, -0.1) is 10.2 Å². The Morgan fingerprint density at radius 1 is 1.21 bits per heavy atom. The molecule has 0 bridgehead atoms. The van der Waals surface area contributed by atoms with E-state index in [0.717, 1.165) is 39.3 Å². The summed E-state index contributed by atoms with van der Waals surface area (Å²) in [6.45, 7) is 7.95. The first-order chi connectivity index (χ1) is 11.5. The van der Waals surface area contributed by atoms with Crippen molar-refractivity contribution in [1.82, 2.24) is 19.8 Å². The minimum Gasteiger partial charge on any atom is -0.326 e. The van der Waals surface area contributed by atoms with Crippen LogP contribution in [0.2, 0.25) is 0 Å². The second-order valence-electron chi connectivity index (χ2n) is 6.15. The molecule has 1 N–H and O–H groups in total. The zero-order chi connectivity index (χ0) is 17.3. The number of hydrogen-bond donors (Lipinski definition) is 1. The van der Waals surface area contributed by atoms with Gasteiger partial charge in [-0.25, -0.2) is 4.52 Å². The molecule has 0 aliphatic carbocycles. The lowest BCUT2D eigenvalue weighted by molar-refractivity contribution is -0.116. The van der Waals surface area contributed by atoms with Crippen LogP contribution in [0.1, 0.15) is 34.4 Å². The number of rotatable bonds is 4. The van der Waals surface area contributed by atoms with Crippen molar-refractivity contribution in [1.29, 1.82) is 0 Å². The molecule has 0 atom stereocenters. The number of nitrogens with zero attached hydrogens (tertiary/aromatic N) is 4. The Kier molecular flexibility index (Phi) is 4.29. The van der Waals surface area contributed by atoms with E-state index in [1.165, 1.54) is 0 Å². The number of carbonyl (C=O) groups excluding carboxylic acids is 1. The minimum atomic E-state index is 0.00356. The van der Waals surface area contributed by atoms with E-state index in [0.29, 0.717) is 12.8 Å². The van der Waals surface area contributed by atoms with Gasteiger partial charge in [0.15, 0.2) is 5.65 Å². The summed E-state index contributed by atoms with van der Waals surface area (Å²) in [5, 5.41) is 15.4. The standard InChI is InChI=1S/C18H21N5O/c1-11-5-6-12(2)16(9-11)20-17(24)8-7-15-13(3)18-21-19-10-23(18)22-14(15)4/h5-6,9-10H,7-8H2,1-4H3,(H,20,24). The van der Waals surface area contributed by atoms with Crippen molar-refractivity contribution in [2.75, 3.05) is 5.32 Å². The van der Waals surface area contributed by atoms with Crippen LogP contribution in [0.3, 0.4) is 0 Å². The Hall–Kier alpha value is -2.76. The molecule has 3 rings (SSSR count). The van der Waals surface area contributed by atoms with Crippen LogP contribution < -0.4 is 5.32 Å². The predicted octanol–water partition coefficient (Wildman–Crippen LogP) is 2.93. The number of hydrogen-bond acceptors (Lipinski definition) is 4. The van der Waals surface area contributed by atoms with Crippen molar-refractivity contribution < 1.29 is 4.79 Å². The summed E-state index contributed by atoms with van der Waals surface area (Å²) in [7, 11) is 0. The molecule has 2 heterocycles. The average molecular weight is 323 g/mol. The Balaban J connectivity index is 1.73. The molecule has 0 aliphatic rings. The largest absolute Gasteiger partial charge is 0.326 e. The quantitative estimate of drug-likeness (QED) is 0.801. The van der Waals surface area contributed by atoms with Crippen LogP contribution in [-0.2, 0) is 11.2 Å². The van der Waals surface area contributed by atoms with Crippen LogP contribution >= 0.6 is 0 Å². The molecule has 1 amide bonds. The second kappa shape index (κ2) is 6.39. The summed E-state index contributed by atoms with van der Waals surface area (Å²) in [5.41, 5.74) is 6.80. The fourth-order valence-corrected chi connectivity index (χ4v) is 2.87. The molecule has 1 aromatic carbocycles. The number of aromatic nitrogens is 4. The summed E-state index contributed by atoms with van der Waals surface area (Å²) < 4.78 is 1.67. The highest BCUT2D eigenvalue weighted by Gasteiger charge is 2.13. The lowest BCUT2D eigenvalue weighted by Gasteiger charge is -2.12. The number of anilines is 1. The molecule has 124 valence electrons. The van der Waals surface area contributed by atoms with Crippen LogP contribution in [0, 0.1) is 27.7 Å². The molecule has 0 spiro atoms. The SMILES string of the molecule is Cc1ccc(C)c(NC(=O)CCc2c(C)nn3cnnc3c2C)c1. The molecule has 24 heavy (non-hydrogen) atoms. The Morgan fingerprint density at radius 2 is 2.00 bits per heavy atom. The molecule has 0 aliphatic heterocycles. The van der Waals surface area contributed by atoms with Gasteiger partial charge >= 0.3 is 0 Å². The first kappa shape index (κ1) is 16.1. The number of aryl methyl sites for hydroxylation is 4. The van der Waals surface area contributed by atoms with Crippen molar-refractivity contribution in [2.45, 2.75) is 40.5 Å². The third kappa shape index (κ3) is 3.13. The summed E-state index contributed by atoms with van der Waals surface area (Å²) in [6, 6.07) is 6.05. The molecular formula is C18H21N5O. The topological polar surface area (TPSA) is 72.2 Å². The normalized spacial score (nSPS) is 11.0.